The van der Waals surface area contributed by atoms with Crippen molar-refractivity contribution in [1.29, 1.82) is 0 Å². The Bertz CT molecular complexity index is 397. The highest BCUT2D eigenvalue weighted by molar-refractivity contribution is 5.67. The first-order chi connectivity index (χ1) is 8.47. The van der Waals surface area contributed by atoms with Crippen molar-refractivity contribution in [1.82, 2.24) is 4.90 Å². The van der Waals surface area contributed by atoms with Gasteiger partial charge in [0.15, 0.2) is 0 Å². The Morgan fingerprint density at radius 2 is 2.39 bits per heavy atom. The summed E-state index contributed by atoms with van der Waals surface area (Å²) < 4.78 is 5.35. The summed E-state index contributed by atoms with van der Waals surface area (Å²) in [4.78, 5) is 13.2. The molecule has 4 nitrogen and oxygen atoms in total. The molecule has 1 N–H and O–H groups in total. The molecule has 0 spiro atoms. The van der Waals surface area contributed by atoms with Gasteiger partial charge in [0.1, 0.15) is 5.76 Å². The molecule has 1 aliphatic heterocycles. The van der Waals surface area contributed by atoms with Crippen LogP contribution >= 0.6 is 0 Å². The molecule has 1 unspecified atom stereocenters. The van der Waals surface area contributed by atoms with E-state index in [2.05, 4.69) is 18.7 Å². The van der Waals surface area contributed by atoms with Gasteiger partial charge in [0.2, 0.25) is 0 Å². The van der Waals surface area contributed by atoms with Crippen molar-refractivity contribution in [3.05, 3.63) is 24.2 Å². The van der Waals surface area contributed by atoms with Crippen LogP contribution in [0.5, 0.6) is 0 Å². The summed E-state index contributed by atoms with van der Waals surface area (Å²) in [5, 5.41) is 9.00. The van der Waals surface area contributed by atoms with E-state index in [1.165, 1.54) is 0 Å². The molecular formula is C14H21NO3. The Balaban J connectivity index is 1.98. The number of piperidine rings is 1. The zero-order valence-corrected chi connectivity index (χ0v) is 11.1. The Labute approximate surface area is 108 Å². The first-order valence-electron chi connectivity index (χ1n) is 6.44. The highest BCUT2D eigenvalue weighted by Crippen LogP contribution is 2.38. The van der Waals surface area contributed by atoms with Crippen molar-refractivity contribution in [2.45, 2.75) is 33.2 Å². The summed E-state index contributed by atoms with van der Waals surface area (Å²) in [6, 6.07) is 3.85. The lowest BCUT2D eigenvalue weighted by Gasteiger charge is -2.43. The fourth-order valence-electron chi connectivity index (χ4n) is 2.62. The second kappa shape index (κ2) is 5.14. The van der Waals surface area contributed by atoms with E-state index in [9.17, 15) is 4.79 Å². The van der Waals surface area contributed by atoms with Crippen LogP contribution in [-0.2, 0) is 11.3 Å². The van der Waals surface area contributed by atoms with Crippen molar-refractivity contribution in [3.8, 4) is 0 Å². The van der Waals surface area contributed by atoms with Crippen LogP contribution in [0, 0.1) is 11.3 Å². The maximum Gasteiger partial charge on any atom is 0.303 e. The maximum absolute atomic E-state index is 10.9. The van der Waals surface area contributed by atoms with Crippen molar-refractivity contribution >= 4 is 5.97 Å². The minimum absolute atomic E-state index is 0.109. The average Bonchev–Trinajstić information content (AvgIpc) is 2.75. The Morgan fingerprint density at radius 3 is 3.00 bits per heavy atom. The summed E-state index contributed by atoms with van der Waals surface area (Å²) in [5.41, 5.74) is 0.109. The van der Waals surface area contributed by atoms with Crippen LogP contribution in [-0.4, -0.2) is 29.1 Å². The number of likely N-dealkylation sites (tertiary alicyclic amines) is 1. The van der Waals surface area contributed by atoms with Gasteiger partial charge in [0.05, 0.1) is 12.8 Å². The Kier molecular flexibility index (Phi) is 3.76. The molecule has 18 heavy (non-hydrogen) atoms. The van der Waals surface area contributed by atoms with Crippen LogP contribution in [0.4, 0.5) is 0 Å². The molecule has 1 aromatic heterocycles. The summed E-state index contributed by atoms with van der Waals surface area (Å²) >= 11 is 0. The molecule has 0 amide bonds. The molecule has 1 saturated heterocycles. The number of aliphatic carboxylic acids is 1. The summed E-state index contributed by atoms with van der Waals surface area (Å²) in [6.45, 7) is 6.96. The lowest BCUT2D eigenvalue weighted by molar-refractivity contribution is -0.140. The molecule has 2 rings (SSSR count). The van der Waals surface area contributed by atoms with E-state index in [1.807, 2.05) is 12.1 Å². The first kappa shape index (κ1) is 13.1. The van der Waals surface area contributed by atoms with Gasteiger partial charge in [-0.3, -0.25) is 9.69 Å². The second-order valence-corrected chi connectivity index (χ2v) is 5.85. The van der Waals surface area contributed by atoms with Gasteiger partial charge in [0.25, 0.3) is 0 Å². The third-order valence-electron chi connectivity index (χ3n) is 4.04. The molecule has 0 bridgehead atoms. The van der Waals surface area contributed by atoms with Gasteiger partial charge in [-0.15, -0.1) is 0 Å². The number of furan rings is 1. The molecule has 1 atom stereocenters. The maximum atomic E-state index is 10.9. The predicted octanol–water partition coefficient (Wildman–Crippen LogP) is 2.60. The Morgan fingerprint density at radius 1 is 1.61 bits per heavy atom. The van der Waals surface area contributed by atoms with Crippen LogP contribution in [0.1, 0.15) is 32.4 Å². The molecule has 1 aromatic rings. The van der Waals surface area contributed by atoms with E-state index < -0.39 is 5.97 Å². The molecule has 0 aromatic carbocycles. The van der Waals surface area contributed by atoms with E-state index in [0.717, 1.165) is 31.8 Å². The molecule has 0 saturated carbocycles. The highest BCUT2D eigenvalue weighted by atomic mass is 16.4. The molecule has 0 radical (unpaired) electrons. The Hall–Kier alpha value is -1.29. The summed E-state index contributed by atoms with van der Waals surface area (Å²) in [6.07, 6.45) is 2.96. The van der Waals surface area contributed by atoms with E-state index in [4.69, 9.17) is 9.52 Å². The highest BCUT2D eigenvalue weighted by Gasteiger charge is 2.36. The van der Waals surface area contributed by atoms with Gasteiger partial charge in [-0.1, -0.05) is 13.8 Å². The minimum atomic E-state index is -0.701. The lowest BCUT2D eigenvalue weighted by Crippen LogP contribution is -2.45. The number of carboxylic acid groups (broad SMARTS) is 1. The molecule has 2 heterocycles. The molecule has 4 heteroatoms. The van der Waals surface area contributed by atoms with Crippen LogP contribution in [0.3, 0.4) is 0 Å². The van der Waals surface area contributed by atoms with Gasteiger partial charge in [0, 0.05) is 13.0 Å². The molecule has 0 aliphatic carbocycles. The minimum Gasteiger partial charge on any atom is -0.481 e. The molecule has 1 fully saturated rings. The number of nitrogens with zero attached hydrogens (tertiary/aromatic N) is 1. The second-order valence-electron chi connectivity index (χ2n) is 5.85. The quantitative estimate of drug-likeness (QED) is 0.893. The zero-order valence-electron chi connectivity index (χ0n) is 11.1. The largest absolute Gasteiger partial charge is 0.481 e. The SMILES string of the molecule is CC1(C)CCN(Cc2ccco2)CC1CC(=O)O. The molecule has 100 valence electrons. The van der Waals surface area contributed by atoms with Crippen LogP contribution in [0.15, 0.2) is 22.8 Å². The van der Waals surface area contributed by atoms with Crippen LogP contribution in [0.2, 0.25) is 0 Å². The number of rotatable bonds is 4. The normalized spacial score (nSPS) is 24.0. The zero-order chi connectivity index (χ0) is 13.2. The third-order valence-corrected chi connectivity index (χ3v) is 4.04. The molecule has 1 aliphatic rings. The van der Waals surface area contributed by atoms with E-state index in [1.54, 1.807) is 6.26 Å². The van der Waals surface area contributed by atoms with Gasteiger partial charge in [-0.05, 0) is 36.4 Å². The fraction of sp³-hybridized carbons (Fsp3) is 0.643. The first-order valence-corrected chi connectivity index (χ1v) is 6.44. The number of carbonyl (C=O) groups is 1. The van der Waals surface area contributed by atoms with Gasteiger partial charge >= 0.3 is 5.97 Å². The van der Waals surface area contributed by atoms with Crippen molar-refractivity contribution in [2.75, 3.05) is 13.1 Å². The standard InChI is InChI=1S/C14H21NO3/c1-14(2)5-6-15(9-11(14)8-13(16)17)10-12-4-3-7-18-12/h3-4,7,11H,5-6,8-10H2,1-2H3,(H,16,17). The van der Waals surface area contributed by atoms with Gasteiger partial charge in [-0.25, -0.2) is 0 Å². The number of hydrogen-bond acceptors (Lipinski definition) is 3. The van der Waals surface area contributed by atoms with Gasteiger partial charge < -0.3 is 9.52 Å². The smallest absolute Gasteiger partial charge is 0.303 e. The van der Waals surface area contributed by atoms with Crippen LogP contribution in [0.25, 0.3) is 0 Å². The summed E-state index contributed by atoms with van der Waals surface area (Å²) in [5.74, 6) is 0.454. The van der Waals surface area contributed by atoms with Crippen molar-refractivity contribution in [2.24, 2.45) is 11.3 Å². The topological polar surface area (TPSA) is 53.7 Å². The summed E-state index contributed by atoms with van der Waals surface area (Å²) in [7, 11) is 0. The number of hydrogen-bond donors (Lipinski definition) is 1. The van der Waals surface area contributed by atoms with E-state index in [0.29, 0.717) is 0 Å². The lowest BCUT2D eigenvalue weighted by atomic mass is 9.72. The monoisotopic (exact) mass is 251 g/mol. The van der Waals surface area contributed by atoms with E-state index >= 15 is 0 Å². The number of carboxylic acids is 1. The van der Waals surface area contributed by atoms with Crippen molar-refractivity contribution in [3.63, 3.8) is 0 Å². The van der Waals surface area contributed by atoms with Crippen LogP contribution < -0.4 is 0 Å². The fourth-order valence-corrected chi connectivity index (χ4v) is 2.62. The van der Waals surface area contributed by atoms with Gasteiger partial charge in [-0.2, -0.15) is 0 Å². The predicted molar refractivity (Wildman–Crippen MR) is 68.1 cm³/mol. The van der Waals surface area contributed by atoms with Crippen molar-refractivity contribution < 1.29 is 14.3 Å². The van der Waals surface area contributed by atoms with E-state index in [-0.39, 0.29) is 17.8 Å². The third kappa shape index (κ3) is 3.13. The average molecular weight is 251 g/mol. The molecular weight excluding hydrogens is 230 g/mol.